The lowest BCUT2D eigenvalue weighted by atomic mass is 10.0. The molecular formula is C19H21N3O2. The first-order valence-electron chi connectivity index (χ1n) is 8.10. The van der Waals surface area contributed by atoms with Crippen molar-refractivity contribution < 1.29 is 9.32 Å². The first-order chi connectivity index (χ1) is 11.5. The topological polar surface area (TPSA) is 68.0 Å². The Balaban J connectivity index is 1.98. The highest BCUT2D eigenvalue weighted by atomic mass is 16.5. The smallest absolute Gasteiger partial charge is 0.259 e. The number of pyridine rings is 1. The van der Waals surface area contributed by atoms with Crippen molar-refractivity contribution in [3.05, 3.63) is 58.9 Å². The molecular weight excluding hydrogens is 302 g/mol. The monoisotopic (exact) mass is 323 g/mol. The standard InChI is InChI=1S/C19H21N3O2/c1-11(2)16-10-15(17-13(4)22-24-19(17)21-16)18(23)20-12(3)14-8-6-5-7-9-14/h5-12H,1-4H3,(H,20,23). The molecule has 1 amide bonds. The van der Waals surface area contributed by atoms with Gasteiger partial charge in [0.25, 0.3) is 11.6 Å². The Labute approximate surface area is 141 Å². The molecule has 1 aromatic carbocycles. The highest BCUT2D eigenvalue weighted by Gasteiger charge is 2.21. The molecule has 3 aromatic rings. The third-order valence-corrected chi connectivity index (χ3v) is 4.12. The van der Waals surface area contributed by atoms with Gasteiger partial charge in [0.15, 0.2) is 0 Å². The molecule has 0 aliphatic rings. The minimum absolute atomic E-state index is 0.0930. The number of benzene rings is 1. The lowest BCUT2D eigenvalue weighted by Gasteiger charge is -2.15. The minimum Gasteiger partial charge on any atom is -0.345 e. The number of carbonyl (C=O) groups is 1. The van der Waals surface area contributed by atoms with Gasteiger partial charge in [0.1, 0.15) is 0 Å². The number of aryl methyl sites for hydroxylation is 1. The van der Waals surface area contributed by atoms with Gasteiger partial charge in [0, 0.05) is 5.69 Å². The van der Waals surface area contributed by atoms with E-state index in [1.807, 2.05) is 64.1 Å². The fourth-order valence-electron chi connectivity index (χ4n) is 2.69. The van der Waals surface area contributed by atoms with Crippen molar-refractivity contribution in [2.24, 2.45) is 0 Å². The van der Waals surface area contributed by atoms with Crippen LogP contribution in [0.2, 0.25) is 0 Å². The number of hydrogen-bond acceptors (Lipinski definition) is 4. The quantitative estimate of drug-likeness (QED) is 0.783. The average molecular weight is 323 g/mol. The second kappa shape index (κ2) is 6.43. The van der Waals surface area contributed by atoms with Crippen LogP contribution in [0.15, 0.2) is 40.9 Å². The maximum atomic E-state index is 12.9. The normalized spacial score (nSPS) is 12.5. The summed E-state index contributed by atoms with van der Waals surface area (Å²) >= 11 is 0. The Morgan fingerprint density at radius 3 is 2.54 bits per heavy atom. The van der Waals surface area contributed by atoms with E-state index in [2.05, 4.69) is 15.5 Å². The van der Waals surface area contributed by atoms with Gasteiger partial charge in [-0.3, -0.25) is 4.79 Å². The SMILES string of the molecule is Cc1noc2nc(C(C)C)cc(C(=O)NC(C)c3ccccc3)c12. The molecule has 0 aliphatic carbocycles. The molecule has 2 heterocycles. The molecule has 0 saturated carbocycles. The van der Waals surface area contributed by atoms with E-state index in [9.17, 15) is 4.79 Å². The van der Waals surface area contributed by atoms with Crippen LogP contribution in [0.5, 0.6) is 0 Å². The van der Waals surface area contributed by atoms with Crippen LogP contribution in [-0.4, -0.2) is 16.0 Å². The second-order valence-electron chi connectivity index (χ2n) is 6.30. The van der Waals surface area contributed by atoms with E-state index < -0.39 is 0 Å². The van der Waals surface area contributed by atoms with Gasteiger partial charge in [-0.1, -0.05) is 49.3 Å². The Morgan fingerprint density at radius 1 is 1.17 bits per heavy atom. The minimum atomic E-state index is -0.146. The van der Waals surface area contributed by atoms with Gasteiger partial charge in [-0.2, -0.15) is 0 Å². The van der Waals surface area contributed by atoms with Gasteiger partial charge in [0.2, 0.25) is 0 Å². The molecule has 0 bridgehead atoms. The fourth-order valence-corrected chi connectivity index (χ4v) is 2.69. The molecule has 0 spiro atoms. The number of rotatable bonds is 4. The Morgan fingerprint density at radius 2 is 1.88 bits per heavy atom. The van der Waals surface area contributed by atoms with E-state index in [0.717, 1.165) is 11.3 Å². The number of nitrogens with zero attached hydrogens (tertiary/aromatic N) is 2. The molecule has 3 rings (SSSR count). The zero-order chi connectivity index (χ0) is 17.3. The zero-order valence-electron chi connectivity index (χ0n) is 14.3. The van der Waals surface area contributed by atoms with Crippen LogP contribution in [0.1, 0.15) is 60.0 Å². The molecule has 0 radical (unpaired) electrons. The van der Waals surface area contributed by atoms with Crippen molar-refractivity contribution in [1.29, 1.82) is 0 Å². The number of amides is 1. The van der Waals surface area contributed by atoms with Crippen LogP contribution >= 0.6 is 0 Å². The summed E-state index contributed by atoms with van der Waals surface area (Å²) in [5.41, 5.74) is 3.52. The summed E-state index contributed by atoms with van der Waals surface area (Å²) in [6.45, 7) is 7.85. The third-order valence-electron chi connectivity index (χ3n) is 4.12. The largest absolute Gasteiger partial charge is 0.345 e. The zero-order valence-corrected chi connectivity index (χ0v) is 14.3. The first-order valence-corrected chi connectivity index (χ1v) is 8.10. The molecule has 0 saturated heterocycles. The molecule has 5 nitrogen and oxygen atoms in total. The van der Waals surface area contributed by atoms with Crippen molar-refractivity contribution in [2.45, 2.75) is 39.7 Å². The molecule has 1 unspecified atom stereocenters. The summed E-state index contributed by atoms with van der Waals surface area (Å²) in [6.07, 6.45) is 0. The predicted molar refractivity (Wildman–Crippen MR) is 93.0 cm³/mol. The summed E-state index contributed by atoms with van der Waals surface area (Å²) < 4.78 is 5.28. The van der Waals surface area contributed by atoms with Gasteiger partial charge < -0.3 is 9.84 Å². The third kappa shape index (κ3) is 3.02. The van der Waals surface area contributed by atoms with E-state index in [-0.39, 0.29) is 17.9 Å². The second-order valence-corrected chi connectivity index (χ2v) is 6.30. The van der Waals surface area contributed by atoms with Gasteiger partial charge in [-0.15, -0.1) is 0 Å². The lowest BCUT2D eigenvalue weighted by Crippen LogP contribution is -2.27. The van der Waals surface area contributed by atoms with Crippen LogP contribution in [-0.2, 0) is 0 Å². The van der Waals surface area contributed by atoms with Crippen molar-refractivity contribution >= 4 is 17.0 Å². The number of nitrogens with one attached hydrogen (secondary N) is 1. The molecule has 24 heavy (non-hydrogen) atoms. The maximum absolute atomic E-state index is 12.9. The van der Waals surface area contributed by atoms with Crippen LogP contribution in [0, 0.1) is 6.92 Å². The lowest BCUT2D eigenvalue weighted by molar-refractivity contribution is 0.0941. The number of aromatic nitrogens is 2. The van der Waals surface area contributed by atoms with Crippen LogP contribution < -0.4 is 5.32 Å². The van der Waals surface area contributed by atoms with Crippen LogP contribution in [0.3, 0.4) is 0 Å². The van der Waals surface area contributed by atoms with Gasteiger partial charge in [-0.05, 0) is 31.4 Å². The van der Waals surface area contributed by atoms with E-state index in [4.69, 9.17) is 4.52 Å². The van der Waals surface area contributed by atoms with Crippen molar-refractivity contribution in [1.82, 2.24) is 15.5 Å². The molecule has 1 atom stereocenters. The van der Waals surface area contributed by atoms with Gasteiger partial charge in [-0.25, -0.2) is 4.98 Å². The molecule has 0 fully saturated rings. The highest BCUT2D eigenvalue weighted by Crippen LogP contribution is 2.25. The summed E-state index contributed by atoms with van der Waals surface area (Å²) in [7, 11) is 0. The van der Waals surface area contributed by atoms with Crippen molar-refractivity contribution in [3.8, 4) is 0 Å². The number of hydrogen-bond donors (Lipinski definition) is 1. The number of fused-ring (bicyclic) bond motifs is 1. The fraction of sp³-hybridized carbons (Fsp3) is 0.316. The van der Waals surface area contributed by atoms with E-state index >= 15 is 0 Å². The molecule has 2 aromatic heterocycles. The number of carbonyl (C=O) groups excluding carboxylic acids is 1. The predicted octanol–water partition coefficient (Wildman–Crippen LogP) is 4.15. The molecule has 0 aliphatic heterocycles. The first kappa shape index (κ1) is 16.2. The van der Waals surface area contributed by atoms with Crippen molar-refractivity contribution in [3.63, 3.8) is 0 Å². The van der Waals surface area contributed by atoms with Crippen molar-refractivity contribution in [2.75, 3.05) is 0 Å². The Hall–Kier alpha value is -2.69. The Kier molecular flexibility index (Phi) is 4.34. The molecule has 1 N–H and O–H groups in total. The van der Waals surface area contributed by atoms with Crippen LogP contribution in [0.4, 0.5) is 0 Å². The van der Waals surface area contributed by atoms with Crippen LogP contribution in [0.25, 0.3) is 11.1 Å². The van der Waals surface area contributed by atoms with E-state index in [1.165, 1.54) is 0 Å². The van der Waals surface area contributed by atoms with E-state index in [0.29, 0.717) is 22.4 Å². The van der Waals surface area contributed by atoms with E-state index in [1.54, 1.807) is 0 Å². The molecule has 124 valence electrons. The summed E-state index contributed by atoms with van der Waals surface area (Å²) in [5.74, 6) is 0.0462. The molecule has 5 heteroatoms. The average Bonchev–Trinajstić information content (AvgIpc) is 2.96. The summed E-state index contributed by atoms with van der Waals surface area (Å²) in [6, 6.07) is 11.6. The van der Waals surface area contributed by atoms with Gasteiger partial charge in [0.05, 0.1) is 22.7 Å². The maximum Gasteiger partial charge on any atom is 0.259 e. The Bertz CT molecular complexity index is 869. The van der Waals surface area contributed by atoms with Gasteiger partial charge >= 0.3 is 0 Å². The summed E-state index contributed by atoms with van der Waals surface area (Å²) in [4.78, 5) is 17.3. The highest BCUT2D eigenvalue weighted by molar-refractivity contribution is 6.06. The summed E-state index contributed by atoms with van der Waals surface area (Å²) in [5, 5.41) is 7.69.